The summed E-state index contributed by atoms with van der Waals surface area (Å²) < 4.78 is 4.49. The first-order chi connectivity index (χ1) is 6.58. The Morgan fingerprint density at radius 2 is 1.53 bits per heavy atom. The molecule has 0 spiro atoms. The average molecular weight is 214 g/mol. The molecular formula is C12H22O3. The number of Topliss-reactive ketones (excluding diaryl/α,β-unsaturated/α-hetero) is 1. The maximum atomic E-state index is 11.8. The van der Waals surface area contributed by atoms with Crippen LogP contribution < -0.4 is 0 Å². The van der Waals surface area contributed by atoms with Crippen LogP contribution in [0.4, 0.5) is 0 Å². The number of methoxy groups -OCH3 is 1. The van der Waals surface area contributed by atoms with Crippen molar-refractivity contribution in [1.29, 1.82) is 0 Å². The Balaban J connectivity index is 4.46. The number of esters is 1. The largest absolute Gasteiger partial charge is 0.469 e. The molecule has 88 valence electrons. The molecule has 0 aliphatic carbocycles. The van der Waals surface area contributed by atoms with Gasteiger partial charge in [0.25, 0.3) is 0 Å². The molecule has 0 heterocycles. The van der Waals surface area contributed by atoms with E-state index in [0.29, 0.717) is 0 Å². The van der Waals surface area contributed by atoms with Gasteiger partial charge in [-0.15, -0.1) is 0 Å². The van der Waals surface area contributed by atoms with Crippen LogP contribution in [0.2, 0.25) is 0 Å². The standard InChI is InChI=1S/C12H22O3/c1-11(2,3)8-12(4,5)9(13)7-10(14)15-6/h7-8H2,1-6H3. The predicted octanol–water partition coefficient (Wildman–Crippen LogP) is 2.58. The Kier molecular flexibility index (Phi) is 4.50. The topological polar surface area (TPSA) is 43.4 Å². The van der Waals surface area contributed by atoms with Crippen LogP contribution in [0.5, 0.6) is 0 Å². The number of ether oxygens (including phenoxy) is 1. The minimum Gasteiger partial charge on any atom is -0.469 e. The molecule has 0 aliphatic heterocycles. The molecular weight excluding hydrogens is 192 g/mol. The monoisotopic (exact) mass is 214 g/mol. The van der Waals surface area contributed by atoms with Crippen molar-refractivity contribution in [2.45, 2.75) is 47.5 Å². The molecule has 3 heteroatoms. The van der Waals surface area contributed by atoms with E-state index in [0.717, 1.165) is 6.42 Å². The van der Waals surface area contributed by atoms with Crippen LogP contribution in [-0.4, -0.2) is 18.9 Å². The maximum absolute atomic E-state index is 11.8. The van der Waals surface area contributed by atoms with Gasteiger partial charge < -0.3 is 4.74 Å². The van der Waals surface area contributed by atoms with Crippen molar-refractivity contribution >= 4 is 11.8 Å². The molecule has 0 fully saturated rings. The summed E-state index contributed by atoms with van der Waals surface area (Å²) in [4.78, 5) is 22.8. The van der Waals surface area contributed by atoms with Crippen LogP contribution in [0.3, 0.4) is 0 Å². The number of hydrogen-bond donors (Lipinski definition) is 0. The van der Waals surface area contributed by atoms with Crippen LogP contribution in [0, 0.1) is 10.8 Å². The highest BCUT2D eigenvalue weighted by atomic mass is 16.5. The summed E-state index contributed by atoms with van der Waals surface area (Å²) in [5.41, 5.74) is -0.387. The second-order valence-electron chi connectivity index (χ2n) is 5.80. The van der Waals surface area contributed by atoms with Gasteiger partial charge in [-0.05, 0) is 11.8 Å². The molecule has 0 radical (unpaired) electrons. The highest BCUT2D eigenvalue weighted by molar-refractivity contribution is 5.98. The zero-order valence-electron chi connectivity index (χ0n) is 10.6. The molecule has 0 N–H and O–H groups in total. The van der Waals surface area contributed by atoms with E-state index in [2.05, 4.69) is 25.5 Å². The molecule has 0 aromatic heterocycles. The third-order valence-electron chi connectivity index (χ3n) is 2.26. The van der Waals surface area contributed by atoms with Crippen molar-refractivity contribution in [3.8, 4) is 0 Å². The lowest BCUT2D eigenvalue weighted by Crippen LogP contribution is -2.31. The van der Waals surface area contributed by atoms with Crippen LogP contribution in [0.15, 0.2) is 0 Å². The number of hydrogen-bond acceptors (Lipinski definition) is 3. The van der Waals surface area contributed by atoms with Gasteiger partial charge in [0.15, 0.2) is 0 Å². The van der Waals surface area contributed by atoms with E-state index in [-0.39, 0.29) is 17.6 Å². The fraction of sp³-hybridized carbons (Fsp3) is 0.833. The minimum absolute atomic E-state index is 0.0516. The highest BCUT2D eigenvalue weighted by Crippen LogP contribution is 2.34. The molecule has 0 unspecified atom stereocenters. The van der Waals surface area contributed by atoms with Gasteiger partial charge >= 0.3 is 5.97 Å². The van der Waals surface area contributed by atoms with E-state index in [1.807, 2.05) is 13.8 Å². The minimum atomic E-state index is -0.466. The van der Waals surface area contributed by atoms with Gasteiger partial charge in [-0.1, -0.05) is 34.6 Å². The van der Waals surface area contributed by atoms with E-state index < -0.39 is 11.4 Å². The molecule has 0 aliphatic rings. The summed E-state index contributed by atoms with van der Waals surface area (Å²) in [6, 6.07) is 0. The highest BCUT2D eigenvalue weighted by Gasteiger charge is 2.33. The molecule has 0 saturated carbocycles. The molecule has 0 rings (SSSR count). The Morgan fingerprint density at radius 1 is 1.07 bits per heavy atom. The first-order valence-electron chi connectivity index (χ1n) is 5.18. The number of carbonyl (C=O) groups is 2. The first kappa shape index (κ1) is 14.1. The maximum Gasteiger partial charge on any atom is 0.313 e. The average Bonchev–Trinajstić information content (AvgIpc) is 1.99. The molecule has 0 amide bonds. The van der Waals surface area contributed by atoms with Gasteiger partial charge in [-0.3, -0.25) is 9.59 Å². The van der Waals surface area contributed by atoms with Gasteiger partial charge in [-0.25, -0.2) is 0 Å². The quantitative estimate of drug-likeness (QED) is 0.533. The van der Waals surface area contributed by atoms with Crippen LogP contribution >= 0.6 is 0 Å². The molecule has 0 bridgehead atoms. The Bertz CT molecular complexity index is 246. The van der Waals surface area contributed by atoms with Gasteiger partial charge in [0.2, 0.25) is 0 Å². The lowest BCUT2D eigenvalue weighted by atomic mass is 9.73. The fourth-order valence-electron chi connectivity index (χ4n) is 1.87. The smallest absolute Gasteiger partial charge is 0.313 e. The zero-order chi connectivity index (χ0) is 12.3. The van der Waals surface area contributed by atoms with E-state index in [1.54, 1.807) is 0 Å². The third kappa shape index (κ3) is 5.55. The molecule has 0 aromatic rings. The summed E-state index contributed by atoms with van der Waals surface area (Å²) in [6.45, 7) is 10.0. The van der Waals surface area contributed by atoms with Crippen molar-refractivity contribution < 1.29 is 14.3 Å². The predicted molar refractivity (Wildman–Crippen MR) is 59.5 cm³/mol. The Hall–Kier alpha value is -0.860. The summed E-state index contributed by atoms with van der Waals surface area (Å²) >= 11 is 0. The van der Waals surface area contributed by atoms with Gasteiger partial charge in [0.1, 0.15) is 12.2 Å². The van der Waals surface area contributed by atoms with Gasteiger partial charge in [0.05, 0.1) is 7.11 Å². The zero-order valence-corrected chi connectivity index (χ0v) is 10.6. The van der Waals surface area contributed by atoms with E-state index in [1.165, 1.54) is 7.11 Å². The van der Waals surface area contributed by atoms with Gasteiger partial charge in [-0.2, -0.15) is 0 Å². The lowest BCUT2D eigenvalue weighted by molar-refractivity contribution is -0.145. The molecule has 0 atom stereocenters. The second kappa shape index (κ2) is 4.77. The molecule has 15 heavy (non-hydrogen) atoms. The van der Waals surface area contributed by atoms with E-state index in [9.17, 15) is 9.59 Å². The van der Waals surface area contributed by atoms with Crippen LogP contribution in [0.1, 0.15) is 47.5 Å². The van der Waals surface area contributed by atoms with Crippen molar-refractivity contribution in [3.63, 3.8) is 0 Å². The summed E-state index contributed by atoms with van der Waals surface area (Å²) in [5, 5.41) is 0. The van der Waals surface area contributed by atoms with Crippen LogP contribution in [0.25, 0.3) is 0 Å². The molecule has 3 nitrogen and oxygen atoms in total. The molecule has 0 saturated heterocycles. The molecule has 0 aromatic carbocycles. The second-order valence-corrected chi connectivity index (χ2v) is 5.80. The summed E-state index contributed by atoms with van der Waals surface area (Å²) in [5.74, 6) is -0.508. The summed E-state index contributed by atoms with van der Waals surface area (Å²) in [6.07, 6.45) is 0.634. The first-order valence-corrected chi connectivity index (χ1v) is 5.18. The van der Waals surface area contributed by atoms with Crippen molar-refractivity contribution in [2.24, 2.45) is 10.8 Å². The van der Waals surface area contributed by atoms with Crippen molar-refractivity contribution in [2.75, 3.05) is 7.11 Å². The Morgan fingerprint density at radius 3 is 1.87 bits per heavy atom. The number of ketones is 1. The fourth-order valence-corrected chi connectivity index (χ4v) is 1.87. The van der Waals surface area contributed by atoms with Crippen molar-refractivity contribution in [1.82, 2.24) is 0 Å². The van der Waals surface area contributed by atoms with E-state index in [4.69, 9.17) is 0 Å². The van der Waals surface area contributed by atoms with Crippen molar-refractivity contribution in [3.05, 3.63) is 0 Å². The third-order valence-corrected chi connectivity index (χ3v) is 2.26. The van der Waals surface area contributed by atoms with E-state index >= 15 is 0 Å². The number of rotatable bonds is 4. The van der Waals surface area contributed by atoms with Crippen LogP contribution in [-0.2, 0) is 14.3 Å². The lowest BCUT2D eigenvalue weighted by Gasteiger charge is -2.30. The summed E-state index contributed by atoms with van der Waals surface area (Å²) in [7, 11) is 1.30. The Labute approximate surface area is 92.2 Å². The SMILES string of the molecule is COC(=O)CC(=O)C(C)(C)CC(C)(C)C. The normalized spacial score (nSPS) is 12.4. The van der Waals surface area contributed by atoms with Gasteiger partial charge in [0, 0.05) is 5.41 Å². The number of carbonyl (C=O) groups excluding carboxylic acids is 2.